The van der Waals surface area contributed by atoms with Crippen molar-refractivity contribution in [3.8, 4) is 11.1 Å². The van der Waals surface area contributed by atoms with Gasteiger partial charge in [0.1, 0.15) is 26.3 Å². The molecule has 0 aliphatic heterocycles. The molecule has 0 radical (unpaired) electrons. The van der Waals surface area contributed by atoms with Gasteiger partial charge in [-0.2, -0.15) is 0 Å². The Bertz CT molecular complexity index is 1030. The van der Waals surface area contributed by atoms with Crippen LogP contribution in [-0.4, -0.2) is 121 Å². The molecule has 0 fully saturated rings. The van der Waals surface area contributed by atoms with E-state index in [2.05, 4.69) is 82.0 Å². The van der Waals surface area contributed by atoms with Crippen molar-refractivity contribution in [3.63, 3.8) is 0 Å². The van der Waals surface area contributed by atoms with Crippen LogP contribution in [0.3, 0.4) is 0 Å². The molecule has 0 spiro atoms. The molecule has 258 valence electrons. The molecule has 2 rings (SSSR count). The lowest BCUT2D eigenvalue weighted by atomic mass is 10.0. The standard InChI is InChI=1S/C37H60N3O6/c1-7-43-24-26-45-30-36(41)12-9-10-22-39(3,4)28-32-13-17-34(18-14-32)35-19-15-33(16-20-35)29-40(5,6)23-11-21-38-37(42)31-46-27-25-44-8-2/h13-20H,7-12,21-31H2,1-6H3/q+1/p+1. The maximum absolute atomic E-state index is 12.0. The van der Waals surface area contributed by atoms with Crippen LogP contribution in [0.5, 0.6) is 0 Å². The van der Waals surface area contributed by atoms with E-state index in [1.807, 2.05) is 13.8 Å². The zero-order valence-corrected chi connectivity index (χ0v) is 29.5. The minimum absolute atomic E-state index is 0.0787. The van der Waals surface area contributed by atoms with Crippen molar-refractivity contribution in [1.82, 2.24) is 5.32 Å². The largest absolute Gasteiger partial charge is 0.379 e. The number of ether oxygens (including phenoxy) is 4. The highest BCUT2D eigenvalue weighted by atomic mass is 16.5. The molecule has 0 aliphatic rings. The second-order valence-corrected chi connectivity index (χ2v) is 13.2. The van der Waals surface area contributed by atoms with Crippen LogP contribution < -0.4 is 5.32 Å². The van der Waals surface area contributed by atoms with Gasteiger partial charge in [0.2, 0.25) is 5.91 Å². The zero-order valence-electron chi connectivity index (χ0n) is 29.5. The Hall–Kier alpha value is -2.66. The average molecular weight is 644 g/mol. The van der Waals surface area contributed by atoms with Gasteiger partial charge in [0.05, 0.1) is 67.7 Å². The monoisotopic (exact) mass is 643 g/mol. The molecule has 0 unspecified atom stereocenters. The molecule has 0 atom stereocenters. The third-order valence-electron chi connectivity index (χ3n) is 7.84. The van der Waals surface area contributed by atoms with Crippen LogP contribution in [0.15, 0.2) is 48.5 Å². The molecule has 1 amide bonds. The smallest absolute Gasteiger partial charge is 0.246 e. The molecule has 0 bridgehead atoms. The fourth-order valence-corrected chi connectivity index (χ4v) is 5.35. The summed E-state index contributed by atoms with van der Waals surface area (Å²) in [5.41, 5.74) is 5.04. The van der Waals surface area contributed by atoms with Crippen molar-refractivity contribution >= 4 is 11.7 Å². The predicted molar refractivity (Wildman–Crippen MR) is 184 cm³/mol. The van der Waals surface area contributed by atoms with Gasteiger partial charge in [0, 0.05) is 43.7 Å². The molecule has 0 saturated carbocycles. The predicted octanol–water partition coefficient (Wildman–Crippen LogP) is 4.86. The number of hydrogen-bond acceptors (Lipinski definition) is 6. The summed E-state index contributed by atoms with van der Waals surface area (Å²) in [6.07, 6.45) is 3.39. The van der Waals surface area contributed by atoms with Crippen molar-refractivity contribution < 1.29 is 37.5 Å². The van der Waals surface area contributed by atoms with Gasteiger partial charge in [0.25, 0.3) is 0 Å². The fourth-order valence-electron chi connectivity index (χ4n) is 5.35. The van der Waals surface area contributed by atoms with Crippen LogP contribution >= 0.6 is 0 Å². The Morgan fingerprint density at radius 1 is 0.609 bits per heavy atom. The third kappa shape index (κ3) is 17.9. The molecule has 2 aromatic rings. The summed E-state index contributed by atoms with van der Waals surface area (Å²) in [4.78, 5) is 24.0. The van der Waals surface area contributed by atoms with Crippen LogP contribution in [0.2, 0.25) is 0 Å². The van der Waals surface area contributed by atoms with Crippen LogP contribution in [-0.2, 0) is 41.6 Å². The van der Waals surface area contributed by atoms with E-state index in [1.54, 1.807) is 0 Å². The van der Waals surface area contributed by atoms with E-state index in [9.17, 15) is 9.59 Å². The fraction of sp³-hybridized carbons (Fsp3) is 0.622. The summed E-state index contributed by atoms with van der Waals surface area (Å²) >= 11 is 0. The van der Waals surface area contributed by atoms with Crippen LogP contribution in [0.25, 0.3) is 11.1 Å². The Kier molecular flexibility index (Phi) is 18.9. The number of carbonyl (C=O) groups is 2. The Morgan fingerprint density at radius 2 is 1.07 bits per heavy atom. The van der Waals surface area contributed by atoms with Crippen molar-refractivity contribution in [2.75, 3.05) is 101 Å². The van der Waals surface area contributed by atoms with Gasteiger partial charge in [-0.05, 0) is 37.8 Å². The number of ketones is 1. The van der Waals surface area contributed by atoms with E-state index in [-0.39, 0.29) is 24.9 Å². The lowest BCUT2D eigenvalue weighted by Gasteiger charge is -2.30. The highest BCUT2D eigenvalue weighted by molar-refractivity contribution is 5.79. The summed E-state index contributed by atoms with van der Waals surface area (Å²) in [7, 11) is 8.96. The highest BCUT2D eigenvalue weighted by Gasteiger charge is 2.17. The summed E-state index contributed by atoms with van der Waals surface area (Å²) in [6, 6.07) is 17.8. The topological polar surface area (TPSA) is 83.1 Å². The van der Waals surface area contributed by atoms with Crippen molar-refractivity contribution in [1.29, 1.82) is 0 Å². The lowest BCUT2D eigenvalue weighted by Crippen LogP contribution is -2.41. The second kappa shape index (κ2) is 22.0. The highest BCUT2D eigenvalue weighted by Crippen LogP contribution is 2.23. The maximum atomic E-state index is 12.0. The minimum atomic E-state index is -0.0791. The first-order valence-corrected chi connectivity index (χ1v) is 16.9. The Morgan fingerprint density at radius 3 is 1.57 bits per heavy atom. The van der Waals surface area contributed by atoms with Crippen LogP contribution in [0.4, 0.5) is 0 Å². The number of amides is 1. The van der Waals surface area contributed by atoms with Gasteiger partial charge >= 0.3 is 0 Å². The molecule has 46 heavy (non-hydrogen) atoms. The SMILES string of the molecule is CCOCCOCC(=O)CCCC[N+](C)(C)Cc1ccc(-c2ccc(C[N+](C)(C)CCCNC(=O)COCCOCC)cc2)cc1. The molecule has 0 heterocycles. The van der Waals surface area contributed by atoms with Crippen molar-refractivity contribution in [2.24, 2.45) is 0 Å². The number of rotatable bonds is 26. The Balaban J connectivity index is 1.70. The van der Waals surface area contributed by atoms with E-state index in [1.165, 1.54) is 22.3 Å². The number of benzene rings is 2. The van der Waals surface area contributed by atoms with Crippen LogP contribution in [0, 0.1) is 0 Å². The minimum Gasteiger partial charge on any atom is -0.379 e. The maximum Gasteiger partial charge on any atom is 0.246 e. The van der Waals surface area contributed by atoms with E-state index < -0.39 is 0 Å². The first kappa shape index (κ1) is 39.5. The van der Waals surface area contributed by atoms with Crippen LogP contribution in [0.1, 0.15) is 50.7 Å². The quantitative estimate of drug-likeness (QED) is 0.117. The molecular formula is C37H61N3O6+2. The Labute approximate surface area is 278 Å². The van der Waals surface area contributed by atoms with E-state index in [0.29, 0.717) is 52.6 Å². The van der Waals surface area contributed by atoms with E-state index >= 15 is 0 Å². The first-order valence-electron chi connectivity index (χ1n) is 16.9. The molecule has 1 N–H and O–H groups in total. The van der Waals surface area contributed by atoms with Gasteiger partial charge in [-0.1, -0.05) is 48.5 Å². The van der Waals surface area contributed by atoms with Gasteiger partial charge in [-0.15, -0.1) is 0 Å². The van der Waals surface area contributed by atoms with E-state index in [4.69, 9.17) is 18.9 Å². The number of hydrogen-bond donors (Lipinski definition) is 1. The average Bonchev–Trinajstić information content (AvgIpc) is 3.02. The number of carbonyl (C=O) groups excluding carboxylic acids is 2. The van der Waals surface area contributed by atoms with Gasteiger partial charge in [-0.3, -0.25) is 9.59 Å². The normalized spacial score (nSPS) is 12.0. The number of nitrogens with one attached hydrogen (secondary N) is 1. The van der Waals surface area contributed by atoms with E-state index in [0.717, 1.165) is 54.4 Å². The summed E-state index contributed by atoms with van der Waals surface area (Å²) in [5.74, 6) is 0.0895. The van der Waals surface area contributed by atoms with Gasteiger partial charge in [0.15, 0.2) is 5.78 Å². The van der Waals surface area contributed by atoms with Crippen molar-refractivity contribution in [2.45, 2.75) is 52.6 Å². The molecule has 2 aromatic carbocycles. The van der Waals surface area contributed by atoms with Crippen molar-refractivity contribution in [3.05, 3.63) is 59.7 Å². The summed E-state index contributed by atoms with van der Waals surface area (Å²) < 4.78 is 22.9. The molecular weight excluding hydrogens is 582 g/mol. The van der Waals surface area contributed by atoms with Gasteiger partial charge < -0.3 is 33.2 Å². The molecule has 0 aromatic heterocycles. The molecule has 0 saturated heterocycles. The lowest BCUT2D eigenvalue weighted by molar-refractivity contribution is -0.903. The molecule has 9 heteroatoms. The second-order valence-electron chi connectivity index (χ2n) is 13.2. The molecule has 0 aliphatic carbocycles. The van der Waals surface area contributed by atoms with Gasteiger partial charge in [-0.25, -0.2) is 0 Å². The number of unbranched alkanes of at least 4 members (excludes halogenated alkanes) is 1. The molecule has 9 nitrogen and oxygen atoms in total. The zero-order chi connectivity index (χ0) is 33.7. The third-order valence-corrected chi connectivity index (χ3v) is 7.84. The summed E-state index contributed by atoms with van der Waals surface area (Å²) in [5, 5.41) is 2.94. The number of nitrogens with zero attached hydrogens (tertiary/aromatic N) is 2. The summed E-state index contributed by atoms with van der Waals surface area (Å²) in [6.45, 7) is 12.0. The number of Topliss-reactive ketones (excluding diaryl/α,β-unsaturated/α-hetero) is 1. The number of quaternary nitrogens is 2. The first-order chi connectivity index (χ1) is 22.0.